The monoisotopic (exact) mass is 407 g/mol. The van der Waals surface area contributed by atoms with Gasteiger partial charge in [-0.2, -0.15) is 0 Å². The summed E-state index contributed by atoms with van der Waals surface area (Å²) in [5.74, 6) is -0.117. The zero-order valence-corrected chi connectivity index (χ0v) is 13.1. The van der Waals surface area contributed by atoms with E-state index in [1.807, 2.05) is 0 Å². The van der Waals surface area contributed by atoms with E-state index in [0.717, 1.165) is 3.57 Å². The van der Waals surface area contributed by atoms with Gasteiger partial charge in [0.15, 0.2) is 0 Å². The van der Waals surface area contributed by atoms with Crippen LogP contribution in [0.25, 0.3) is 0 Å². The number of benzene rings is 1. The van der Waals surface area contributed by atoms with E-state index in [1.165, 1.54) is 12.3 Å². The Labute approximate surface area is 133 Å². The second-order valence-corrected chi connectivity index (χ2v) is 5.68. The van der Waals surface area contributed by atoms with Crippen LogP contribution < -0.4 is 11.1 Å². The van der Waals surface area contributed by atoms with Crippen molar-refractivity contribution in [3.05, 3.63) is 49.6 Å². The Kier molecular flexibility index (Phi) is 4.49. The Balaban J connectivity index is 2.23. The molecule has 1 aromatic heterocycles. The summed E-state index contributed by atoms with van der Waals surface area (Å²) in [5.41, 5.74) is 6.50. The van der Waals surface area contributed by atoms with E-state index in [0.29, 0.717) is 16.3 Å². The number of pyridine rings is 1. The molecule has 4 nitrogen and oxygen atoms in total. The molecule has 0 bridgehead atoms. The number of hydrogen-bond acceptors (Lipinski definition) is 3. The van der Waals surface area contributed by atoms with Crippen molar-refractivity contribution in [3.8, 4) is 0 Å². The van der Waals surface area contributed by atoms with Gasteiger partial charge in [0, 0.05) is 14.8 Å². The zero-order chi connectivity index (χ0) is 14.0. The lowest BCUT2D eigenvalue weighted by molar-refractivity contribution is 0.102. The molecule has 0 unspecified atom stereocenters. The van der Waals surface area contributed by atoms with Crippen molar-refractivity contribution >= 4 is 63.2 Å². The van der Waals surface area contributed by atoms with Gasteiger partial charge in [-0.15, -0.1) is 0 Å². The van der Waals surface area contributed by atoms with Crippen molar-refractivity contribution in [1.29, 1.82) is 0 Å². The van der Waals surface area contributed by atoms with E-state index in [2.05, 4.69) is 32.9 Å². The number of carbonyl (C=O) groups is 1. The molecule has 3 N–H and O–H groups in total. The number of halogens is 3. The second-order valence-electron chi connectivity index (χ2n) is 3.67. The van der Waals surface area contributed by atoms with Crippen LogP contribution >= 0.6 is 45.8 Å². The van der Waals surface area contributed by atoms with Crippen molar-refractivity contribution < 1.29 is 4.79 Å². The molecule has 0 radical (unpaired) electrons. The minimum Gasteiger partial charge on any atom is -0.382 e. The standard InChI is InChI=1S/C12H8Cl2IN3O/c13-7-1-2-10(9(15)4-7)18-12(19)6-3-8(14)11(16)17-5-6/h1-5H,(H2,16,17)(H,18,19). The van der Waals surface area contributed by atoms with Crippen molar-refractivity contribution in [2.45, 2.75) is 0 Å². The number of carbonyl (C=O) groups excluding carboxylic acids is 1. The number of hydrogen-bond donors (Lipinski definition) is 2. The fourth-order valence-electron chi connectivity index (χ4n) is 1.36. The van der Waals surface area contributed by atoms with E-state index in [1.54, 1.807) is 18.2 Å². The fourth-order valence-corrected chi connectivity index (χ4v) is 2.53. The summed E-state index contributed by atoms with van der Waals surface area (Å²) >= 11 is 13.8. The number of nitrogen functional groups attached to an aromatic ring is 1. The van der Waals surface area contributed by atoms with Gasteiger partial charge < -0.3 is 11.1 Å². The summed E-state index contributed by atoms with van der Waals surface area (Å²) < 4.78 is 0.841. The van der Waals surface area contributed by atoms with Crippen LogP contribution in [-0.4, -0.2) is 10.9 Å². The Hall–Kier alpha value is -1.05. The molecule has 98 valence electrons. The number of nitrogens with zero attached hydrogens (tertiary/aromatic N) is 1. The highest BCUT2D eigenvalue weighted by Gasteiger charge is 2.10. The predicted octanol–water partition coefficient (Wildman–Crippen LogP) is 3.83. The summed E-state index contributed by atoms with van der Waals surface area (Å²) in [6, 6.07) is 6.66. The van der Waals surface area contributed by atoms with E-state index < -0.39 is 0 Å². The number of rotatable bonds is 2. The maximum absolute atomic E-state index is 12.0. The van der Waals surface area contributed by atoms with Gasteiger partial charge in [-0.3, -0.25) is 4.79 Å². The average molecular weight is 408 g/mol. The minimum absolute atomic E-state index is 0.194. The third-order valence-corrected chi connectivity index (χ3v) is 3.74. The summed E-state index contributed by atoms with van der Waals surface area (Å²) in [6.45, 7) is 0. The summed E-state index contributed by atoms with van der Waals surface area (Å²) in [7, 11) is 0. The highest BCUT2D eigenvalue weighted by Crippen LogP contribution is 2.23. The molecule has 1 heterocycles. The average Bonchev–Trinajstić information content (AvgIpc) is 2.36. The lowest BCUT2D eigenvalue weighted by Crippen LogP contribution is -2.13. The summed E-state index contributed by atoms with van der Waals surface area (Å²) in [4.78, 5) is 15.9. The van der Waals surface area contributed by atoms with Crippen LogP contribution in [0.3, 0.4) is 0 Å². The quantitative estimate of drug-likeness (QED) is 0.743. The molecule has 0 aliphatic carbocycles. The van der Waals surface area contributed by atoms with Gasteiger partial charge in [0.1, 0.15) is 5.82 Å². The van der Waals surface area contributed by atoms with Crippen molar-refractivity contribution in [2.75, 3.05) is 11.1 Å². The largest absolute Gasteiger partial charge is 0.382 e. The molecule has 19 heavy (non-hydrogen) atoms. The Morgan fingerprint density at radius 2 is 2.05 bits per heavy atom. The zero-order valence-electron chi connectivity index (χ0n) is 9.45. The Morgan fingerprint density at radius 3 is 2.68 bits per heavy atom. The molecule has 7 heteroatoms. The first-order chi connectivity index (χ1) is 8.97. The number of nitrogens with two attached hydrogens (primary N) is 1. The second kappa shape index (κ2) is 5.94. The van der Waals surface area contributed by atoms with Gasteiger partial charge in [0.25, 0.3) is 5.91 Å². The van der Waals surface area contributed by atoms with Crippen LogP contribution in [0.2, 0.25) is 10.0 Å². The number of nitrogens with one attached hydrogen (secondary N) is 1. The van der Waals surface area contributed by atoms with E-state index in [-0.39, 0.29) is 16.7 Å². The van der Waals surface area contributed by atoms with Gasteiger partial charge in [-0.05, 0) is 46.9 Å². The van der Waals surface area contributed by atoms with E-state index >= 15 is 0 Å². The molecular formula is C12H8Cl2IN3O. The van der Waals surface area contributed by atoms with Crippen LogP contribution in [0.15, 0.2) is 30.5 Å². The highest BCUT2D eigenvalue weighted by atomic mass is 127. The van der Waals surface area contributed by atoms with E-state index in [9.17, 15) is 4.79 Å². The van der Waals surface area contributed by atoms with Gasteiger partial charge >= 0.3 is 0 Å². The lowest BCUT2D eigenvalue weighted by atomic mass is 10.2. The van der Waals surface area contributed by atoms with Crippen molar-refractivity contribution in [1.82, 2.24) is 4.98 Å². The number of amides is 1. The molecule has 2 rings (SSSR count). The van der Waals surface area contributed by atoms with Crippen LogP contribution in [0.1, 0.15) is 10.4 Å². The molecule has 0 saturated heterocycles. The minimum atomic E-state index is -0.311. The molecule has 0 aliphatic heterocycles. The molecule has 0 aliphatic rings. The summed E-state index contributed by atoms with van der Waals surface area (Å²) in [5, 5.41) is 3.62. The van der Waals surface area contributed by atoms with Crippen LogP contribution in [0.4, 0.5) is 11.5 Å². The van der Waals surface area contributed by atoms with Crippen molar-refractivity contribution in [3.63, 3.8) is 0 Å². The molecule has 1 aromatic carbocycles. The van der Waals surface area contributed by atoms with Gasteiger partial charge in [-0.1, -0.05) is 23.2 Å². The SMILES string of the molecule is Nc1ncc(C(=O)Nc2ccc(Cl)cc2I)cc1Cl. The molecule has 1 amide bonds. The molecule has 0 fully saturated rings. The Bertz CT molecular complexity index is 649. The predicted molar refractivity (Wildman–Crippen MR) is 85.8 cm³/mol. The fraction of sp³-hybridized carbons (Fsp3) is 0. The normalized spacial score (nSPS) is 10.3. The molecular weight excluding hydrogens is 400 g/mol. The third-order valence-electron chi connectivity index (χ3n) is 2.31. The van der Waals surface area contributed by atoms with E-state index in [4.69, 9.17) is 28.9 Å². The lowest BCUT2D eigenvalue weighted by Gasteiger charge is -2.08. The van der Waals surface area contributed by atoms with Crippen LogP contribution in [0, 0.1) is 3.57 Å². The number of anilines is 2. The highest BCUT2D eigenvalue weighted by molar-refractivity contribution is 14.1. The molecule has 2 aromatic rings. The maximum atomic E-state index is 12.0. The smallest absolute Gasteiger partial charge is 0.257 e. The number of aromatic nitrogens is 1. The molecule has 0 saturated carbocycles. The van der Waals surface area contributed by atoms with Crippen molar-refractivity contribution in [2.24, 2.45) is 0 Å². The van der Waals surface area contributed by atoms with Gasteiger partial charge in [0.2, 0.25) is 0 Å². The maximum Gasteiger partial charge on any atom is 0.257 e. The first kappa shape index (κ1) is 14.4. The summed E-state index contributed by atoms with van der Waals surface area (Å²) in [6.07, 6.45) is 1.37. The van der Waals surface area contributed by atoms with Crippen LogP contribution in [-0.2, 0) is 0 Å². The van der Waals surface area contributed by atoms with Gasteiger partial charge in [0.05, 0.1) is 16.3 Å². The first-order valence-corrected chi connectivity index (χ1v) is 6.98. The molecule has 0 spiro atoms. The van der Waals surface area contributed by atoms with Gasteiger partial charge in [-0.25, -0.2) is 4.98 Å². The van der Waals surface area contributed by atoms with Crippen LogP contribution in [0.5, 0.6) is 0 Å². The topological polar surface area (TPSA) is 68.0 Å². The Morgan fingerprint density at radius 1 is 1.32 bits per heavy atom. The molecule has 0 atom stereocenters. The third kappa shape index (κ3) is 3.49. The first-order valence-electron chi connectivity index (χ1n) is 5.15.